The van der Waals surface area contributed by atoms with Crippen molar-refractivity contribution < 1.29 is 16.8 Å². The van der Waals surface area contributed by atoms with Crippen LogP contribution in [0.1, 0.15) is 24.0 Å². The highest BCUT2D eigenvalue weighted by atomic mass is 32.2. The number of hydrogen-bond acceptors (Lipinski definition) is 4. The number of aryl methyl sites for hydroxylation is 2. The van der Waals surface area contributed by atoms with E-state index in [9.17, 15) is 16.8 Å². The molecule has 0 spiro atoms. The van der Waals surface area contributed by atoms with Crippen molar-refractivity contribution in [3.8, 4) is 0 Å². The van der Waals surface area contributed by atoms with Gasteiger partial charge in [-0.2, -0.15) is 4.31 Å². The van der Waals surface area contributed by atoms with E-state index in [4.69, 9.17) is 0 Å². The van der Waals surface area contributed by atoms with Gasteiger partial charge in [0.25, 0.3) is 0 Å². The van der Waals surface area contributed by atoms with E-state index in [2.05, 4.69) is 4.72 Å². The van der Waals surface area contributed by atoms with Crippen molar-refractivity contribution in [2.24, 2.45) is 0 Å². The molecule has 1 saturated heterocycles. The topological polar surface area (TPSA) is 83.6 Å². The van der Waals surface area contributed by atoms with Crippen LogP contribution in [-0.2, 0) is 26.5 Å². The first-order valence-electron chi connectivity index (χ1n) is 9.37. The molecule has 0 bridgehead atoms. The maximum absolute atomic E-state index is 12.7. The maximum Gasteiger partial charge on any atom is 0.243 e. The summed E-state index contributed by atoms with van der Waals surface area (Å²) in [5.41, 5.74) is 1.98. The Hall–Kier alpha value is -1.74. The van der Waals surface area contributed by atoms with Crippen LogP contribution in [0.2, 0.25) is 0 Å². The van der Waals surface area contributed by atoms with E-state index in [1.165, 1.54) is 4.31 Å². The lowest BCUT2D eigenvalue weighted by molar-refractivity contribution is 0.308. The van der Waals surface area contributed by atoms with E-state index in [0.29, 0.717) is 32.4 Å². The van der Waals surface area contributed by atoms with Gasteiger partial charge in [-0.05, 0) is 43.9 Å². The lowest BCUT2D eigenvalue weighted by atomic mass is 10.1. The molecule has 0 saturated carbocycles. The standard InChI is InChI=1S/C20H26N2O4S2/c1-17-7-9-20(10-8-17)28(25,26)22-14-11-19(12-15-22)21-27(23,24)16-13-18-5-3-2-4-6-18/h2-10,19,21H,11-16H2,1H3. The van der Waals surface area contributed by atoms with Crippen molar-refractivity contribution in [1.82, 2.24) is 9.03 Å². The zero-order chi connectivity index (χ0) is 20.2. The van der Waals surface area contributed by atoms with Crippen molar-refractivity contribution in [3.63, 3.8) is 0 Å². The monoisotopic (exact) mass is 422 g/mol. The highest BCUT2D eigenvalue weighted by molar-refractivity contribution is 7.89. The van der Waals surface area contributed by atoms with Crippen molar-refractivity contribution in [3.05, 3.63) is 65.7 Å². The number of hydrogen-bond donors (Lipinski definition) is 1. The van der Waals surface area contributed by atoms with E-state index in [-0.39, 0.29) is 16.7 Å². The Labute approximate surface area is 167 Å². The Morgan fingerprint density at radius 3 is 2.14 bits per heavy atom. The Kier molecular flexibility index (Phi) is 6.54. The smallest absolute Gasteiger partial charge is 0.212 e. The van der Waals surface area contributed by atoms with Gasteiger partial charge in [-0.3, -0.25) is 0 Å². The zero-order valence-electron chi connectivity index (χ0n) is 15.9. The molecule has 0 unspecified atom stereocenters. The minimum atomic E-state index is -3.54. The van der Waals surface area contributed by atoms with Crippen LogP contribution in [0.4, 0.5) is 0 Å². The van der Waals surface area contributed by atoms with Crippen molar-refractivity contribution >= 4 is 20.0 Å². The highest BCUT2D eigenvalue weighted by Gasteiger charge is 2.30. The third-order valence-corrected chi connectivity index (χ3v) is 8.31. The molecular weight excluding hydrogens is 396 g/mol. The van der Waals surface area contributed by atoms with Crippen LogP contribution in [0, 0.1) is 6.92 Å². The Morgan fingerprint density at radius 1 is 0.929 bits per heavy atom. The van der Waals surface area contributed by atoms with Crippen LogP contribution in [0.5, 0.6) is 0 Å². The molecular formula is C20H26N2O4S2. The molecule has 0 radical (unpaired) electrons. The van der Waals surface area contributed by atoms with Gasteiger partial charge in [0.05, 0.1) is 10.6 Å². The second-order valence-electron chi connectivity index (χ2n) is 7.16. The average Bonchev–Trinajstić information content (AvgIpc) is 2.68. The van der Waals surface area contributed by atoms with Crippen molar-refractivity contribution in [2.75, 3.05) is 18.8 Å². The summed E-state index contributed by atoms with van der Waals surface area (Å²) in [4.78, 5) is 0.278. The second-order valence-corrected chi connectivity index (χ2v) is 11.0. The Morgan fingerprint density at radius 2 is 1.54 bits per heavy atom. The summed E-state index contributed by atoms with van der Waals surface area (Å²) in [6.45, 7) is 2.52. The summed E-state index contributed by atoms with van der Waals surface area (Å²) in [5.74, 6) is 0.0267. The lowest BCUT2D eigenvalue weighted by Crippen LogP contribution is -2.47. The minimum Gasteiger partial charge on any atom is -0.212 e. The molecule has 0 aromatic heterocycles. The summed E-state index contributed by atoms with van der Waals surface area (Å²) in [6.07, 6.45) is 1.39. The molecule has 0 atom stereocenters. The summed E-state index contributed by atoms with van der Waals surface area (Å²) in [7, 11) is -6.94. The quantitative estimate of drug-likeness (QED) is 0.742. The maximum atomic E-state index is 12.7. The third-order valence-electron chi connectivity index (χ3n) is 4.96. The van der Waals surface area contributed by atoms with E-state index in [1.54, 1.807) is 24.3 Å². The molecule has 28 heavy (non-hydrogen) atoms. The van der Waals surface area contributed by atoms with E-state index in [0.717, 1.165) is 11.1 Å². The molecule has 0 aliphatic carbocycles. The first kappa shape index (κ1) is 21.0. The predicted molar refractivity (Wildman–Crippen MR) is 110 cm³/mol. The molecule has 152 valence electrons. The molecule has 8 heteroatoms. The SMILES string of the molecule is Cc1ccc(S(=O)(=O)N2CCC(NS(=O)(=O)CCc3ccccc3)CC2)cc1. The van der Waals surface area contributed by atoms with Crippen LogP contribution in [-0.4, -0.2) is 46.0 Å². The first-order valence-corrected chi connectivity index (χ1v) is 12.5. The van der Waals surface area contributed by atoms with Crippen LogP contribution in [0.3, 0.4) is 0 Å². The molecule has 1 heterocycles. The fourth-order valence-electron chi connectivity index (χ4n) is 3.28. The average molecular weight is 423 g/mol. The fraction of sp³-hybridized carbons (Fsp3) is 0.400. The number of rotatable bonds is 7. The Balaban J connectivity index is 1.54. The number of sulfonamides is 2. The van der Waals surface area contributed by atoms with Gasteiger partial charge >= 0.3 is 0 Å². The van der Waals surface area contributed by atoms with Gasteiger partial charge in [0.1, 0.15) is 0 Å². The van der Waals surface area contributed by atoms with Gasteiger partial charge < -0.3 is 0 Å². The molecule has 2 aromatic carbocycles. The summed E-state index contributed by atoms with van der Waals surface area (Å²) in [5, 5.41) is 0. The number of piperidine rings is 1. The van der Waals surface area contributed by atoms with Crippen LogP contribution in [0.25, 0.3) is 0 Å². The summed E-state index contributed by atoms with van der Waals surface area (Å²) >= 11 is 0. The number of nitrogens with one attached hydrogen (secondary N) is 1. The summed E-state index contributed by atoms with van der Waals surface area (Å²) in [6, 6.07) is 16.0. The molecule has 1 fully saturated rings. The van der Waals surface area contributed by atoms with Crippen LogP contribution >= 0.6 is 0 Å². The van der Waals surface area contributed by atoms with Gasteiger partial charge in [-0.15, -0.1) is 0 Å². The molecule has 6 nitrogen and oxygen atoms in total. The molecule has 3 rings (SSSR count). The van der Waals surface area contributed by atoms with Crippen molar-refractivity contribution in [1.29, 1.82) is 0 Å². The normalized spacial score (nSPS) is 16.9. The van der Waals surface area contributed by atoms with E-state index in [1.807, 2.05) is 37.3 Å². The zero-order valence-corrected chi connectivity index (χ0v) is 17.5. The predicted octanol–water partition coefficient (Wildman–Crippen LogP) is 2.31. The number of nitrogens with zero attached hydrogens (tertiary/aromatic N) is 1. The Bertz CT molecular complexity index is 980. The van der Waals surface area contributed by atoms with Gasteiger partial charge in [0.15, 0.2) is 0 Å². The molecule has 1 aliphatic rings. The molecule has 0 amide bonds. The molecule has 1 aliphatic heterocycles. The second kappa shape index (κ2) is 8.73. The van der Waals surface area contributed by atoms with Gasteiger partial charge in [-0.1, -0.05) is 48.0 Å². The fourth-order valence-corrected chi connectivity index (χ4v) is 6.12. The largest absolute Gasteiger partial charge is 0.243 e. The van der Waals surface area contributed by atoms with Gasteiger partial charge in [0.2, 0.25) is 20.0 Å². The lowest BCUT2D eigenvalue weighted by Gasteiger charge is -2.31. The van der Waals surface area contributed by atoms with Crippen LogP contribution in [0.15, 0.2) is 59.5 Å². The third kappa shape index (κ3) is 5.41. The van der Waals surface area contributed by atoms with E-state index < -0.39 is 20.0 Å². The molecule has 2 aromatic rings. The number of benzene rings is 2. The molecule has 1 N–H and O–H groups in total. The van der Waals surface area contributed by atoms with Gasteiger partial charge in [-0.25, -0.2) is 21.6 Å². The summed E-state index contributed by atoms with van der Waals surface area (Å²) < 4.78 is 54.4. The van der Waals surface area contributed by atoms with Gasteiger partial charge in [0, 0.05) is 19.1 Å². The van der Waals surface area contributed by atoms with Crippen LogP contribution < -0.4 is 4.72 Å². The minimum absolute atomic E-state index is 0.0267. The first-order chi connectivity index (χ1) is 13.3. The van der Waals surface area contributed by atoms with Crippen molar-refractivity contribution in [2.45, 2.75) is 37.1 Å². The van der Waals surface area contributed by atoms with E-state index >= 15 is 0 Å². The highest BCUT2D eigenvalue weighted by Crippen LogP contribution is 2.21.